The number of aromatic nitrogens is 1. The van der Waals surface area contributed by atoms with Gasteiger partial charge in [0.2, 0.25) is 0 Å². The number of benzene rings is 1. The topological polar surface area (TPSA) is 89.4 Å². The molecule has 1 aliphatic heterocycles. The quantitative estimate of drug-likeness (QED) is 0.851. The van der Waals surface area contributed by atoms with Crippen LogP contribution in [0.2, 0.25) is 0 Å². The maximum Gasteiger partial charge on any atom is 0.269 e. The molecule has 0 saturated carbocycles. The van der Waals surface area contributed by atoms with Gasteiger partial charge in [-0.3, -0.25) is 4.31 Å². The van der Waals surface area contributed by atoms with E-state index in [0.29, 0.717) is 35.1 Å². The third-order valence-corrected chi connectivity index (χ3v) is 6.42. The fraction of sp³-hybridized carbons (Fsp3) is 0.308. The van der Waals surface area contributed by atoms with Crippen molar-refractivity contribution in [3.8, 4) is 0 Å². The van der Waals surface area contributed by atoms with Gasteiger partial charge in [0, 0.05) is 22.9 Å². The van der Waals surface area contributed by atoms with Crippen LogP contribution in [0.1, 0.15) is 11.5 Å². The lowest BCUT2D eigenvalue weighted by Gasteiger charge is -2.30. The number of nitrogens with two attached hydrogens (primary N) is 1. The van der Waals surface area contributed by atoms with E-state index in [-0.39, 0.29) is 4.90 Å². The molecule has 2 N–H and O–H groups in total. The fourth-order valence-electron chi connectivity index (χ4n) is 2.41. The van der Waals surface area contributed by atoms with Crippen molar-refractivity contribution in [1.29, 1.82) is 0 Å². The molecule has 0 atom stereocenters. The van der Waals surface area contributed by atoms with Gasteiger partial charge in [0.15, 0.2) is 10.7 Å². The van der Waals surface area contributed by atoms with Crippen molar-refractivity contribution < 1.29 is 12.9 Å². The van der Waals surface area contributed by atoms with Crippen molar-refractivity contribution in [3.05, 3.63) is 29.7 Å². The average molecular weight is 325 g/mol. The van der Waals surface area contributed by atoms with E-state index in [1.54, 1.807) is 37.7 Å². The Bertz CT molecular complexity index is 779. The van der Waals surface area contributed by atoms with Crippen LogP contribution < -0.4 is 10.0 Å². The maximum atomic E-state index is 12.9. The molecule has 1 aromatic carbocycles. The Kier molecular flexibility index (Phi) is 3.37. The van der Waals surface area contributed by atoms with E-state index < -0.39 is 10.0 Å². The van der Waals surface area contributed by atoms with Crippen LogP contribution in [0.5, 0.6) is 0 Å². The number of thioether (sulfide) groups is 1. The summed E-state index contributed by atoms with van der Waals surface area (Å²) in [4.78, 5) is 1.05. The number of nitrogens with zero attached hydrogens (tertiary/aromatic N) is 2. The zero-order valence-corrected chi connectivity index (χ0v) is 13.3. The van der Waals surface area contributed by atoms with Gasteiger partial charge in [0.1, 0.15) is 5.69 Å². The van der Waals surface area contributed by atoms with E-state index in [2.05, 4.69) is 5.16 Å². The molecule has 0 spiro atoms. The number of hydrogen-bond acceptors (Lipinski definition) is 6. The largest absolute Gasteiger partial charge is 0.399 e. The molecule has 0 aliphatic carbocycles. The van der Waals surface area contributed by atoms with Gasteiger partial charge in [0.05, 0.1) is 5.69 Å². The summed E-state index contributed by atoms with van der Waals surface area (Å²) in [6, 6.07) is 5.32. The van der Waals surface area contributed by atoms with E-state index in [0.717, 1.165) is 4.90 Å². The second-order valence-corrected chi connectivity index (χ2v) is 7.74. The van der Waals surface area contributed by atoms with Gasteiger partial charge in [-0.05, 0) is 32.0 Å². The number of hydrogen-bond donors (Lipinski definition) is 1. The molecule has 2 aromatic rings. The number of fused-ring (bicyclic) bond motifs is 1. The van der Waals surface area contributed by atoms with Crippen molar-refractivity contribution in [2.75, 3.05) is 22.3 Å². The fourth-order valence-corrected chi connectivity index (χ4v) is 5.33. The number of nitrogen functional groups attached to an aromatic ring is 1. The third-order valence-electron chi connectivity index (χ3n) is 3.32. The Balaban J connectivity index is 2.16. The second kappa shape index (κ2) is 4.96. The van der Waals surface area contributed by atoms with Crippen LogP contribution in [0, 0.1) is 13.8 Å². The minimum atomic E-state index is -3.70. The summed E-state index contributed by atoms with van der Waals surface area (Å²) in [5.41, 5.74) is 7.33. The molecule has 3 rings (SSSR count). The van der Waals surface area contributed by atoms with Crippen molar-refractivity contribution >= 4 is 33.2 Å². The maximum absolute atomic E-state index is 12.9. The summed E-state index contributed by atoms with van der Waals surface area (Å²) in [5.74, 6) is 0.996. The minimum Gasteiger partial charge on any atom is -0.399 e. The molecule has 6 nitrogen and oxygen atoms in total. The highest BCUT2D eigenvalue weighted by Crippen LogP contribution is 2.39. The van der Waals surface area contributed by atoms with E-state index in [9.17, 15) is 8.42 Å². The molecule has 0 radical (unpaired) electrons. The predicted molar refractivity (Wildman–Crippen MR) is 82.1 cm³/mol. The highest BCUT2D eigenvalue weighted by atomic mass is 32.2. The van der Waals surface area contributed by atoms with Gasteiger partial charge in [-0.2, -0.15) is 0 Å². The summed E-state index contributed by atoms with van der Waals surface area (Å²) in [5, 5.41) is 3.74. The van der Waals surface area contributed by atoms with Crippen LogP contribution in [0.25, 0.3) is 0 Å². The highest BCUT2D eigenvalue weighted by molar-refractivity contribution is 8.00. The molecule has 2 heterocycles. The van der Waals surface area contributed by atoms with E-state index >= 15 is 0 Å². The zero-order valence-electron chi connectivity index (χ0n) is 11.7. The van der Waals surface area contributed by atoms with Crippen LogP contribution in [0.4, 0.5) is 11.4 Å². The lowest BCUT2D eigenvalue weighted by Crippen LogP contribution is -2.36. The van der Waals surface area contributed by atoms with Gasteiger partial charge < -0.3 is 10.3 Å². The number of aryl methyl sites for hydroxylation is 2. The normalized spacial score (nSPS) is 15.0. The van der Waals surface area contributed by atoms with Gasteiger partial charge in [0.25, 0.3) is 10.0 Å². The number of rotatable bonds is 2. The van der Waals surface area contributed by atoms with Crippen LogP contribution in [0.3, 0.4) is 0 Å². The third kappa shape index (κ3) is 2.28. The van der Waals surface area contributed by atoms with Crippen molar-refractivity contribution in [2.45, 2.75) is 23.6 Å². The number of anilines is 2. The zero-order chi connectivity index (χ0) is 15.2. The van der Waals surface area contributed by atoms with Crippen LogP contribution >= 0.6 is 11.8 Å². The Morgan fingerprint density at radius 1 is 1.38 bits per heavy atom. The first-order chi connectivity index (χ1) is 9.91. The first kappa shape index (κ1) is 14.3. The second-order valence-electron chi connectivity index (χ2n) is 4.81. The van der Waals surface area contributed by atoms with E-state index in [4.69, 9.17) is 10.3 Å². The van der Waals surface area contributed by atoms with Gasteiger partial charge in [-0.25, -0.2) is 8.42 Å². The average Bonchev–Trinajstić information content (AvgIpc) is 2.77. The van der Waals surface area contributed by atoms with E-state index in [1.807, 2.05) is 6.07 Å². The molecule has 1 aromatic heterocycles. The lowest BCUT2D eigenvalue weighted by atomic mass is 10.3. The first-order valence-electron chi connectivity index (χ1n) is 6.39. The summed E-state index contributed by atoms with van der Waals surface area (Å²) < 4.78 is 32.3. The van der Waals surface area contributed by atoms with Crippen LogP contribution in [-0.4, -0.2) is 25.9 Å². The van der Waals surface area contributed by atoms with Crippen LogP contribution in [0.15, 0.2) is 32.5 Å². The molecule has 8 heteroatoms. The molecule has 1 aliphatic rings. The Morgan fingerprint density at radius 2 is 2.14 bits per heavy atom. The Morgan fingerprint density at radius 3 is 2.81 bits per heavy atom. The molecule has 0 saturated heterocycles. The lowest BCUT2D eigenvalue weighted by molar-refractivity contribution is 0.390. The van der Waals surface area contributed by atoms with Gasteiger partial charge >= 0.3 is 0 Å². The predicted octanol–water partition coefficient (Wildman–Crippen LogP) is 2.17. The van der Waals surface area contributed by atoms with Crippen LogP contribution in [-0.2, 0) is 10.0 Å². The van der Waals surface area contributed by atoms with Crippen molar-refractivity contribution in [3.63, 3.8) is 0 Å². The van der Waals surface area contributed by atoms with Gasteiger partial charge in [-0.15, -0.1) is 11.8 Å². The van der Waals surface area contributed by atoms with Crippen molar-refractivity contribution in [1.82, 2.24) is 5.16 Å². The van der Waals surface area contributed by atoms with E-state index in [1.165, 1.54) is 4.31 Å². The highest BCUT2D eigenvalue weighted by Gasteiger charge is 2.34. The van der Waals surface area contributed by atoms with Gasteiger partial charge in [-0.1, -0.05) is 5.16 Å². The molecule has 0 unspecified atom stereocenters. The molecular formula is C13H15N3O3S2. The first-order valence-corrected chi connectivity index (χ1v) is 8.82. The molecular weight excluding hydrogens is 310 g/mol. The van der Waals surface area contributed by atoms with Crippen molar-refractivity contribution in [2.24, 2.45) is 0 Å². The standard InChI is InChI=1S/C13H15N3O3S2/c1-8-13(9(2)19-15-8)21(17,18)16-5-6-20-12-4-3-10(14)7-11(12)16/h3-4,7H,5-6,14H2,1-2H3. The smallest absolute Gasteiger partial charge is 0.269 e. The summed E-state index contributed by atoms with van der Waals surface area (Å²) >= 11 is 1.62. The summed E-state index contributed by atoms with van der Waals surface area (Å²) in [6.45, 7) is 3.63. The SMILES string of the molecule is Cc1noc(C)c1S(=O)(=O)N1CCSc2ccc(N)cc21. The molecule has 0 amide bonds. The molecule has 0 fully saturated rings. The number of sulfonamides is 1. The molecule has 21 heavy (non-hydrogen) atoms. The summed E-state index contributed by atoms with van der Waals surface area (Å²) in [7, 11) is -3.70. The monoisotopic (exact) mass is 325 g/mol. The Labute approximate surface area is 127 Å². The molecule has 0 bridgehead atoms. The molecule has 112 valence electrons. The summed E-state index contributed by atoms with van der Waals surface area (Å²) in [6.07, 6.45) is 0. The minimum absolute atomic E-state index is 0.141. The Hall–Kier alpha value is -1.67.